The summed E-state index contributed by atoms with van der Waals surface area (Å²) in [6.45, 7) is 1.95. The summed E-state index contributed by atoms with van der Waals surface area (Å²) in [5.74, 6) is -1.60. The van der Waals surface area contributed by atoms with Crippen LogP contribution in [0.25, 0.3) is 0 Å². The van der Waals surface area contributed by atoms with Gasteiger partial charge in [-0.1, -0.05) is 0 Å². The number of aliphatic hydroxyl groups is 1. The fourth-order valence-corrected chi connectivity index (χ4v) is 2.34. The van der Waals surface area contributed by atoms with E-state index in [1.54, 1.807) is 6.92 Å². The third-order valence-electron chi connectivity index (χ3n) is 3.45. The van der Waals surface area contributed by atoms with E-state index >= 15 is 0 Å². The molecule has 0 saturated heterocycles. The van der Waals surface area contributed by atoms with Crippen LogP contribution in [-0.4, -0.2) is 55.3 Å². The summed E-state index contributed by atoms with van der Waals surface area (Å²) in [5.41, 5.74) is 0.440. The van der Waals surface area contributed by atoms with Crippen molar-refractivity contribution in [3.8, 4) is 5.75 Å². The Kier molecular flexibility index (Phi) is 5.75. The molecule has 8 heteroatoms. The number of amides is 1. The Hall–Kier alpha value is -2.61. The maximum atomic E-state index is 13.9. The number of anilines is 1. The van der Waals surface area contributed by atoms with Crippen molar-refractivity contribution in [2.75, 3.05) is 38.7 Å². The van der Waals surface area contributed by atoms with Crippen LogP contribution in [0.1, 0.15) is 6.92 Å². The Morgan fingerprint density at radius 2 is 2.21 bits per heavy atom. The molecule has 2 N–H and O–H groups in total. The highest BCUT2D eigenvalue weighted by Crippen LogP contribution is 2.26. The monoisotopic (exact) mass is 338 g/mol. The van der Waals surface area contributed by atoms with Crippen LogP contribution in [0.4, 0.5) is 10.1 Å². The number of nitrogens with one attached hydrogen (secondary N) is 1. The molecule has 0 spiro atoms. The molecule has 1 aliphatic rings. The van der Waals surface area contributed by atoms with Crippen molar-refractivity contribution in [3.05, 3.63) is 35.3 Å². The number of rotatable bonds is 7. The number of carbonyl (C=O) groups is 2. The number of nitrogens with zero attached hydrogens (tertiary/aromatic N) is 1. The van der Waals surface area contributed by atoms with Crippen LogP contribution >= 0.6 is 0 Å². The van der Waals surface area contributed by atoms with Crippen LogP contribution in [0.15, 0.2) is 29.5 Å². The normalized spacial score (nSPS) is 14.2. The zero-order valence-corrected chi connectivity index (χ0v) is 13.5. The molecule has 1 heterocycles. The molecule has 0 bridgehead atoms. The number of carbonyl (C=O) groups excluding carboxylic acids is 2. The molecular formula is C16H19FN2O5. The van der Waals surface area contributed by atoms with Gasteiger partial charge < -0.3 is 24.8 Å². The van der Waals surface area contributed by atoms with Gasteiger partial charge in [0.15, 0.2) is 11.6 Å². The molecule has 1 aromatic carbocycles. The van der Waals surface area contributed by atoms with Crippen LogP contribution in [0.2, 0.25) is 0 Å². The zero-order chi connectivity index (χ0) is 17.7. The van der Waals surface area contributed by atoms with E-state index in [2.05, 4.69) is 10.1 Å². The highest BCUT2D eigenvalue weighted by molar-refractivity contribution is 6.08. The number of methoxy groups -OCH3 is 1. The van der Waals surface area contributed by atoms with Gasteiger partial charge in [0.05, 0.1) is 32.4 Å². The van der Waals surface area contributed by atoms with E-state index < -0.39 is 17.7 Å². The van der Waals surface area contributed by atoms with Crippen LogP contribution in [0, 0.1) is 5.82 Å². The van der Waals surface area contributed by atoms with E-state index in [1.165, 1.54) is 30.2 Å². The topological polar surface area (TPSA) is 88.1 Å². The second kappa shape index (κ2) is 7.78. The van der Waals surface area contributed by atoms with Gasteiger partial charge in [-0.15, -0.1) is 0 Å². The van der Waals surface area contributed by atoms with Crippen LogP contribution in [0.3, 0.4) is 0 Å². The van der Waals surface area contributed by atoms with Gasteiger partial charge in [0.2, 0.25) is 0 Å². The van der Waals surface area contributed by atoms with Crippen molar-refractivity contribution < 1.29 is 28.6 Å². The minimum absolute atomic E-state index is 0.0128. The lowest BCUT2D eigenvalue weighted by Crippen LogP contribution is -2.31. The second-order valence-electron chi connectivity index (χ2n) is 5.00. The molecule has 7 nitrogen and oxygen atoms in total. The number of benzene rings is 1. The van der Waals surface area contributed by atoms with Crippen molar-refractivity contribution in [1.82, 2.24) is 4.90 Å². The minimum atomic E-state index is -0.655. The number of hydrogen-bond acceptors (Lipinski definition) is 6. The first kappa shape index (κ1) is 17.7. The highest BCUT2D eigenvalue weighted by atomic mass is 19.1. The van der Waals surface area contributed by atoms with E-state index in [0.29, 0.717) is 12.3 Å². The summed E-state index contributed by atoms with van der Waals surface area (Å²) < 4.78 is 23.7. The average molecular weight is 338 g/mol. The van der Waals surface area contributed by atoms with Gasteiger partial charge in [-0.3, -0.25) is 4.79 Å². The van der Waals surface area contributed by atoms with E-state index in [9.17, 15) is 14.0 Å². The van der Waals surface area contributed by atoms with Crippen molar-refractivity contribution in [1.29, 1.82) is 0 Å². The van der Waals surface area contributed by atoms with Crippen molar-refractivity contribution in [2.24, 2.45) is 0 Å². The first-order valence-electron chi connectivity index (χ1n) is 7.42. The quantitative estimate of drug-likeness (QED) is 0.718. The molecule has 0 aromatic heterocycles. The minimum Gasteiger partial charge on any atom is -0.491 e. The van der Waals surface area contributed by atoms with Gasteiger partial charge in [0, 0.05) is 18.3 Å². The fourth-order valence-electron chi connectivity index (χ4n) is 2.34. The van der Waals surface area contributed by atoms with Gasteiger partial charge in [-0.25, -0.2) is 9.18 Å². The largest absolute Gasteiger partial charge is 0.491 e. The predicted octanol–water partition coefficient (Wildman–Crippen LogP) is 0.898. The van der Waals surface area contributed by atoms with Crippen LogP contribution in [0.5, 0.6) is 5.75 Å². The zero-order valence-electron chi connectivity index (χ0n) is 13.5. The van der Waals surface area contributed by atoms with Gasteiger partial charge in [0.25, 0.3) is 5.91 Å². The van der Waals surface area contributed by atoms with Gasteiger partial charge in [-0.2, -0.15) is 0 Å². The standard InChI is InChI=1S/C16H19FN2O5/c1-3-24-13-5-4-10(8-12(13)17)18-14-11(16(22)23-2)9-19(6-7-20)15(14)21/h4-5,8,18,20H,3,6-7,9H2,1-2H3. The molecule has 1 amide bonds. The third-order valence-corrected chi connectivity index (χ3v) is 3.45. The van der Waals surface area contributed by atoms with Gasteiger partial charge >= 0.3 is 5.97 Å². The molecule has 2 rings (SSSR count). The molecule has 0 atom stereocenters. The lowest BCUT2D eigenvalue weighted by Gasteiger charge is -2.15. The fraction of sp³-hybridized carbons (Fsp3) is 0.375. The lowest BCUT2D eigenvalue weighted by molar-refractivity contribution is -0.136. The van der Waals surface area contributed by atoms with E-state index in [4.69, 9.17) is 9.84 Å². The Morgan fingerprint density at radius 3 is 2.79 bits per heavy atom. The van der Waals surface area contributed by atoms with Gasteiger partial charge in [0.1, 0.15) is 5.70 Å². The summed E-state index contributed by atoms with van der Waals surface area (Å²) in [6, 6.07) is 4.15. The summed E-state index contributed by atoms with van der Waals surface area (Å²) >= 11 is 0. The SMILES string of the molecule is CCOc1ccc(NC2=C(C(=O)OC)CN(CCO)C2=O)cc1F. The summed E-state index contributed by atoms with van der Waals surface area (Å²) in [5, 5.41) is 11.8. The predicted molar refractivity (Wildman–Crippen MR) is 83.9 cm³/mol. The average Bonchev–Trinajstić information content (AvgIpc) is 2.87. The van der Waals surface area contributed by atoms with Crippen LogP contribution in [-0.2, 0) is 14.3 Å². The molecule has 0 radical (unpaired) electrons. The number of esters is 1. The van der Waals surface area contributed by atoms with Crippen molar-refractivity contribution in [3.63, 3.8) is 0 Å². The molecule has 0 unspecified atom stereocenters. The van der Waals surface area contributed by atoms with E-state index in [0.717, 1.165) is 0 Å². The van der Waals surface area contributed by atoms with E-state index in [-0.39, 0.29) is 36.7 Å². The molecule has 0 fully saturated rings. The first-order chi connectivity index (χ1) is 11.5. The summed E-state index contributed by atoms with van der Waals surface area (Å²) in [6.07, 6.45) is 0. The highest BCUT2D eigenvalue weighted by Gasteiger charge is 2.34. The van der Waals surface area contributed by atoms with E-state index in [1.807, 2.05) is 0 Å². The molecular weight excluding hydrogens is 319 g/mol. The number of hydrogen-bond donors (Lipinski definition) is 2. The maximum Gasteiger partial charge on any atom is 0.337 e. The molecule has 0 aliphatic carbocycles. The molecule has 130 valence electrons. The molecule has 1 aliphatic heterocycles. The molecule has 0 saturated carbocycles. The van der Waals surface area contributed by atoms with Gasteiger partial charge in [-0.05, 0) is 19.1 Å². The number of halogens is 1. The van der Waals surface area contributed by atoms with Crippen molar-refractivity contribution in [2.45, 2.75) is 6.92 Å². The number of ether oxygens (including phenoxy) is 2. The Bertz CT molecular complexity index is 674. The lowest BCUT2D eigenvalue weighted by atomic mass is 10.2. The first-order valence-corrected chi connectivity index (χ1v) is 7.42. The Morgan fingerprint density at radius 1 is 1.46 bits per heavy atom. The third kappa shape index (κ3) is 3.65. The Balaban J connectivity index is 2.28. The van der Waals surface area contributed by atoms with Crippen molar-refractivity contribution >= 4 is 17.6 Å². The smallest absolute Gasteiger partial charge is 0.337 e. The number of β-amino-alcohol motifs (C(OH)–C–C–N with tert-alkyl or cyclic N) is 1. The van der Waals surface area contributed by atoms with Crippen LogP contribution < -0.4 is 10.1 Å². The Labute approximate surface area is 138 Å². The summed E-state index contributed by atoms with van der Waals surface area (Å²) in [4.78, 5) is 25.5. The number of aliphatic hydroxyl groups excluding tert-OH is 1. The second-order valence-corrected chi connectivity index (χ2v) is 5.00. The maximum absolute atomic E-state index is 13.9. The summed E-state index contributed by atoms with van der Waals surface area (Å²) in [7, 11) is 1.21. The molecule has 1 aromatic rings. The molecule has 24 heavy (non-hydrogen) atoms.